The van der Waals surface area contributed by atoms with Gasteiger partial charge in [-0.15, -0.1) is 24.0 Å². The first kappa shape index (κ1) is 19.8. The van der Waals surface area contributed by atoms with Crippen LogP contribution in [0.25, 0.3) is 0 Å². The third-order valence-corrected chi connectivity index (χ3v) is 6.50. The van der Waals surface area contributed by atoms with Gasteiger partial charge in [-0.05, 0) is 49.1 Å². The zero-order valence-electron chi connectivity index (χ0n) is 14.2. The Bertz CT molecular complexity index is 540. The summed E-state index contributed by atoms with van der Waals surface area (Å²) in [7, 11) is 1.82. The Hall–Kier alpha value is -0.500. The van der Waals surface area contributed by atoms with Crippen molar-refractivity contribution in [2.75, 3.05) is 25.9 Å². The minimum atomic E-state index is -0.164. The summed E-state index contributed by atoms with van der Waals surface area (Å²) >= 11 is 2.05. The van der Waals surface area contributed by atoms with E-state index in [9.17, 15) is 4.39 Å². The summed E-state index contributed by atoms with van der Waals surface area (Å²) in [5.41, 5.74) is 1.37. The van der Waals surface area contributed by atoms with E-state index >= 15 is 0 Å². The predicted molar refractivity (Wildman–Crippen MR) is 112 cm³/mol. The van der Waals surface area contributed by atoms with E-state index in [1.165, 1.54) is 30.6 Å². The highest BCUT2D eigenvalue weighted by molar-refractivity contribution is 14.0. The van der Waals surface area contributed by atoms with Crippen molar-refractivity contribution in [3.63, 3.8) is 0 Å². The van der Waals surface area contributed by atoms with E-state index in [0.717, 1.165) is 31.9 Å². The van der Waals surface area contributed by atoms with Crippen LogP contribution in [0, 0.1) is 5.82 Å². The molecule has 1 unspecified atom stereocenters. The first-order chi connectivity index (χ1) is 11.2. The molecule has 1 aliphatic heterocycles. The van der Waals surface area contributed by atoms with Crippen molar-refractivity contribution in [1.82, 2.24) is 10.6 Å². The lowest BCUT2D eigenvalue weighted by molar-refractivity contribution is 0.243. The predicted octanol–water partition coefficient (Wildman–Crippen LogP) is 3.93. The molecular weight excluding hydrogens is 436 g/mol. The molecule has 6 heteroatoms. The number of hydrogen-bond acceptors (Lipinski definition) is 2. The topological polar surface area (TPSA) is 36.4 Å². The maximum absolute atomic E-state index is 13.2. The number of guanidine groups is 1. The Morgan fingerprint density at radius 2 is 2.00 bits per heavy atom. The first-order valence-electron chi connectivity index (χ1n) is 8.54. The van der Waals surface area contributed by atoms with Gasteiger partial charge in [0.25, 0.3) is 0 Å². The van der Waals surface area contributed by atoms with Gasteiger partial charge in [-0.25, -0.2) is 4.39 Å². The van der Waals surface area contributed by atoms with Crippen molar-refractivity contribution >= 4 is 41.7 Å². The molecule has 3 nitrogen and oxygen atoms in total. The van der Waals surface area contributed by atoms with E-state index in [2.05, 4.69) is 27.4 Å². The number of halogens is 2. The second-order valence-corrected chi connectivity index (χ2v) is 7.99. The van der Waals surface area contributed by atoms with Crippen molar-refractivity contribution in [1.29, 1.82) is 0 Å². The summed E-state index contributed by atoms with van der Waals surface area (Å²) in [6, 6.07) is 7.00. The lowest BCUT2D eigenvalue weighted by Crippen LogP contribution is -2.49. The third-order valence-electron chi connectivity index (χ3n) is 5.11. The molecule has 134 valence electrons. The highest BCUT2D eigenvalue weighted by Crippen LogP contribution is 2.43. The van der Waals surface area contributed by atoms with Gasteiger partial charge in [0.2, 0.25) is 0 Å². The molecule has 1 saturated carbocycles. The Kier molecular flexibility index (Phi) is 7.65. The van der Waals surface area contributed by atoms with Crippen LogP contribution >= 0.6 is 35.7 Å². The second kappa shape index (κ2) is 9.27. The number of thioether (sulfide) groups is 1. The molecule has 1 aromatic rings. The van der Waals surface area contributed by atoms with Crippen molar-refractivity contribution in [3.8, 4) is 0 Å². The fourth-order valence-electron chi connectivity index (χ4n) is 3.46. The van der Waals surface area contributed by atoms with Crippen molar-refractivity contribution in [2.45, 2.75) is 42.8 Å². The van der Waals surface area contributed by atoms with Gasteiger partial charge >= 0.3 is 0 Å². The van der Waals surface area contributed by atoms with Gasteiger partial charge in [0, 0.05) is 30.8 Å². The molecule has 1 heterocycles. The summed E-state index contributed by atoms with van der Waals surface area (Å²) in [4.78, 5) is 4.34. The molecule has 2 N–H and O–H groups in total. The molecule has 0 amide bonds. The fourth-order valence-corrected chi connectivity index (χ4v) is 4.67. The Balaban J connectivity index is 0.00000208. The molecule has 0 spiro atoms. The molecule has 2 aliphatic rings. The van der Waals surface area contributed by atoms with Crippen LogP contribution in [0.1, 0.15) is 37.7 Å². The van der Waals surface area contributed by atoms with Gasteiger partial charge in [-0.1, -0.05) is 18.6 Å². The van der Waals surface area contributed by atoms with E-state index in [1.807, 2.05) is 19.2 Å². The molecule has 2 fully saturated rings. The normalized spacial score (nSPS) is 22.4. The van der Waals surface area contributed by atoms with Crippen LogP contribution in [0.15, 0.2) is 29.3 Å². The molecule has 1 saturated heterocycles. The lowest BCUT2D eigenvalue weighted by atomic mass is 9.64. The molecule has 0 bridgehead atoms. The van der Waals surface area contributed by atoms with E-state index < -0.39 is 0 Å². The Morgan fingerprint density at radius 1 is 1.25 bits per heavy atom. The van der Waals surface area contributed by atoms with Crippen molar-refractivity contribution < 1.29 is 4.39 Å². The average Bonchev–Trinajstić information content (AvgIpc) is 3.04. The van der Waals surface area contributed by atoms with Gasteiger partial charge < -0.3 is 10.6 Å². The summed E-state index contributed by atoms with van der Waals surface area (Å²) in [6.45, 7) is 1.84. The monoisotopic (exact) mass is 463 g/mol. The molecule has 0 aromatic heterocycles. The number of nitrogens with one attached hydrogen (secondary N) is 2. The SMILES string of the molecule is CN=C(NCC1CCCS1)NCC1(c2ccc(F)cc2)CCC1.I. The van der Waals surface area contributed by atoms with Crippen molar-refractivity contribution in [2.24, 2.45) is 4.99 Å². The molecular formula is C18H27FIN3S. The van der Waals surface area contributed by atoms with Crippen LogP contribution in [0.3, 0.4) is 0 Å². The zero-order chi connectivity index (χ0) is 16.1. The third kappa shape index (κ3) is 4.77. The maximum atomic E-state index is 13.2. The largest absolute Gasteiger partial charge is 0.356 e. The van der Waals surface area contributed by atoms with Crippen LogP contribution in [0.2, 0.25) is 0 Å². The number of benzene rings is 1. The van der Waals surface area contributed by atoms with E-state index in [1.54, 1.807) is 12.1 Å². The van der Waals surface area contributed by atoms with Gasteiger partial charge in [0.05, 0.1) is 0 Å². The summed E-state index contributed by atoms with van der Waals surface area (Å²) in [5, 5.41) is 7.65. The lowest BCUT2D eigenvalue weighted by Gasteiger charge is -2.43. The molecule has 1 aromatic carbocycles. The summed E-state index contributed by atoms with van der Waals surface area (Å²) in [6.07, 6.45) is 6.18. The molecule has 3 rings (SSSR count). The van der Waals surface area contributed by atoms with Crippen LogP contribution in [-0.4, -0.2) is 37.1 Å². The van der Waals surface area contributed by atoms with E-state index in [-0.39, 0.29) is 35.2 Å². The van der Waals surface area contributed by atoms with Crippen molar-refractivity contribution in [3.05, 3.63) is 35.6 Å². The van der Waals surface area contributed by atoms with E-state index in [4.69, 9.17) is 0 Å². The average molecular weight is 463 g/mol. The highest BCUT2D eigenvalue weighted by atomic mass is 127. The smallest absolute Gasteiger partial charge is 0.191 e. The first-order valence-corrected chi connectivity index (χ1v) is 9.59. The molecule has 1 atom stereocenters. The highest BCUT2D eigenvalue weighted by Gasteiger charge is 2.38. The number of hydrogen-bond donors (Lipinski definition) is 2. The maximum Gasteiger partial charge on any atom is 0.191 e. The number of aliphatic imine (C=N–C) groups is 1. The van der Waals surface area contributed by atoms with Gasteiger partial charge in [0.1, 0.15) is 5.82 Å². The van der Waals surface area contributed by atoms with Gasteiger partial charge in [-0.3, -0.25) is 4.99 Å². The Labute approximate surface area is 165 Å². The minimum absolute atomic E-state index is 0. The second-order valence-electron chi connectivity index (χ2n) is 6.58. The summed E-state index contributed by atoms with van der Waals surface area (Å²) < 4.78 is 13.2. The quantitative estimate of drug-likeness (QED) is 0.395. The number of rotatable bonds is 5. The van der Waals surface area contributed by atoms with Crippen LogP contribution in [-0.2, 0) is 5.41 Å². The summed E-state index contributed by atoms with van der Waals surface area (Å²) in [5.74, 6) is 2.00. The van der Waals surface area contributed by atoms with Crippen LogP contribution in [0.4, 0.5) is 4.39 Å². The number of nitrogens with zero attached hydrogens (tertiary/aromatic N) is 1. The minimum Gasteiger partial charge on any atom is -0.356 e. The van der Waals surface area contributed by atoms with Gasteiger partial charge in [0.15, 0.2) is 5.96 Å². The molecule has 24 heavy (non-hydrogen) atoms. The molecule has 1 aliphatic carbocycles. The fraction of sp³-hybridized carbons (Fsp3) is 0.611. The zero-order valence-corrected chi connectivity index (χ0v) is 17.3. The van der Waals surface area contributed by atoms with Crippen LogP contribution < -0.4 is 10.6 Å². The standard InChI is InChI=1S/C18H26FN3S.HI/c1-20-17(21-12-16-4-2-11-23-16)22-13-18(9-3-10-18)14-5-7-15(19)8-6-14;/h5-8,16H,2-4,9-13H2,1H3,(H2,20,21,22);1H. The van der Waals surface area contributed by atoms with Crippen LogP contribution in [0.5, 0.6) is 0 Å². The molecule has 0 radical (unpaired) electrons. The van der Waals surface area contributed by atoms with Gasteiger partial charge in [-0.2, -0.15) is 11.8 Å². The Morgan fingerprint density at radius 3 is 2.54 bits per heavy atom. The van der Waals surface area contributed by atoms with E-state index in [0.29, 0.717) is 5.25 Å².